The molecule has 1 saturated heterocycles. The van der Waals surface area contributed by atoms with E-state index in [0.717, 1.165) is 44.0 Å². The highest BCUT2D eigenvalue weighted by Gasteiger charge is 2.18. The normalized spacial score (nSPS) is 15.3. The van der Waals surface area contributed by atoms with E-state index >= 15 is 0 Å². The molecular weight excluding hydrogens is 386 g/mol. The first-order chi connectivity index (χ1) is 14.1. The summed E-state index contributed by atoms with van der Waals surface area (Å²) in [6.45, 7) is 4.89. The monoisotopic (exact) mass is 411 g/mol. The van der Waals surface area contributed by atoms with Gasteiger partial charge in [0, 0.05) is 24.5 Å². The molecule has 1 aliphatic rings. The summed E-state index contributed by atoms with van der Waals surface area (Å²) in [6.07, 6.45) is 0.966. The van der Waals surface area contributed by atoms with Crippen LogP contribution in [0.5, 0.6) is 0 Å². The van der Waals surface area contributed by atoms with E-state index in [-0.39, 0.29) is 12.5 Å². The van der Waals surface area contributed by atoms with Gasteiger partial charge in [0.25, 0.3) is 0 Å². The second-order valence-corrected chi connectivity index (χ2v) is 8.06. The van der Waals surface area contributed by atoms with Crippen LogP contribution in [-0.2, 0) is 17.9 Å². The van der Waals surface area contributed by atoms with E-state index in [4.69, 9.17) is 5.26 Å². The lowest BCUT2D eigenvalue weighted by Gasteiger charge is -2.21. The predicted molar refractivity (Wildman–Crippen MR) is 112 cm³/mol. The van der Waals surface area contributed by atoms with Crippen LogP contribution < -0.4 is 10.6 Å². The second-order valence-electron chi connectivity index (χ2n) is 7.02. The van der Waals surface area contributed by atoms with Gasteiger partial charge in [0.2, 0.25) is 5.91 Å². The lowest BCUT2D eigenvalue weighted by atomic mass is 10.1. The van der Waals surface area contributed by atoms with E-state index in [1.54, 1.807) is 11.3 Å². The Balaban J connectivity index is 1.38. The van der Waals surface area contributed by atoms with Crippen LogP contribution in [-0.4, -0.2) is 54.5 Å². The van der Waals surface area contributed by atoms with Crippen molar-refractivity contribution in [3.63, 3.8) is 0 Å². The predicted octanol–water partition coefficient (Wildman–Crippen LogP) is 2.15. The first-order valence-electron chi connectivity index (χ1n) is 9.66. The number of carbonyl (C=O) groups is 2. The molecule has 3 amide bonds. The minimum Gasteiger partial charge on any atom is -0.333 e. The van der Waals surface area contributed by atoms with Gasteiger partial charge in [-0.15, -0.1) is 11.3 Å². The van der Waals surface area contributed by atoms with Crippen LogP contribution in [0.15, 0.2) is 41.8 Å². The molecule has 2 N–H and O–H groups in total. The van der Waals surface area contributed by atoms with Gasteiger partial charge in [0.1, 0.15) is 0 Å². The molecule has 7 nitrogen and oxygen atoms in total. The molecule has 1 aromatic carbocycles. The maximum absolute atomic E-state index is 12.2. The molecule has 0 bridgehead atoms. The number of hydrogen-bond donors (Lipinski definition) is 2. The zero-order chi connectivity index (χ0) is 20.5. The lowest BCUT2D eigenvalue weighted by Crippen LogP contribution is -2.45. The third kappa shape index (κ3) is 6.98. The van der Waals surface area contributed by atoms with Crippen LogP contribution in [0.3, 0.4) is 0 Å². The van der Waals surface area contributed by atoms with Crippen molar-refractivity contribution in [1.29, 1.82) is 5.26 Å². The summed E-state index contributed by atoms with van der Waals surface area (Å²) < 4.78 is 0. The quantitative estimate of drug-likeness (QED) is 0.760. The number of carbonyl (C=O) groups excluding carboxylic acids is 2. The Kier molecular flexibility index (Phi) is 7.76. The molecule has 0 atom stereocenters. The summed E-state index contributed by atoms with van der Waals surface area (Å²) in [6, 6.07) is 13.2. The highest BCUT2D eigenvalue weighted by molar-refractivity contribution is 7.09. The number of amides is 3. The number of nitrogens with one attached hydrogen (secondary N) is 2. The zero-order valence-corrected chi connectivity index (χ0v) is 17.1. The summed E-state index contributed by atoms with van der Waals surface area (Å²) in [5, 5.41) is 15.9. The molecule has 3 rings (SSSR count). The smallest absolute Gasteiger partial charge is 0.321 e. The molecule has 0 spiro atoms. The van der Waals surface area contributed by atoms with Crippen molar-refractivity contribution in [1.82, 2.24) is 20.4 Å². The van der Waals surface area contributed by atoms with Crippen LogP contribution in [0, 0.1) is 11.3 Å². The largest absolute Gasteiger partial charge is 0.333 e. The number of hydrogen-bond acceptors (Lipinski definition) is 6. The first kappa shape index (κ1) is 21.0. The minimum atomic E-state index is -0.458. The van der Waals surface area contributed by atoms with Crippen LogP contribution in [0.25, 0.3) is 0 Å². The van der Waals surface area contributed by atoms with Crippen LogP contribution in [0.1, 0.15) is 22.4 Å². The molecule has 2 aromatic rings. The number of benzene rings is 1. The molecule has 8 heteroatoms. The average Bonchev–Trinajstić information content (AvgIpc) is 3.15. The highest BCUT2D eigenvalue weighted by Crippen LogP contribution is 2.10. The van der Waals surface area contributed by atoms with Gasteiger partial charge in [-0.25, -0.2) is 4.79 Å². The third-order valence-electron chi connectivity index (χ3n) is 4.79. The van der Waals surface area contributed by atoms with Crippen molar-refractivity contribution >= 4 is 23.3 Å². The summed E-state index contributed by atoms with van der Waals surface area (Å²) in [4.78, 5) is 29.5. The Morgan fingerprint density at radius 2 is 1.83 bits per heavy atom. The summed E-state index contributed by atoms with van der Waals surface area (Å²) in [5.41, 5.74) is 1.85. The zero-order valence-electron chi connectivity index (χ0n) is 16.3. The van der Waals surface area contributed by atoms with Crippen molar-refractivity contribution in [3.8, 4) is 6.07 Å². The summed E-state index contributed by atoms with van der Waals surface area (Å²) in [5.74, 6) is -0.283. The van der Waals surface area contributed by atoms with Gasteiger partial charge in [-0.3, -0.25) is 19.9 Å². The van der Waals surface area contributed by atoms with Crippen LogP contribution in [0.2, 0.25) is 0 Å². The number of urea groups is 1. The Morgan fingerprint density at radius 1 is 1.07 bits per heavy atom. The SMILES string of the molecule is N#Cc1ccc(CN2CCCN(CC(=O)NC(=O)NCc3cccs3)CC2)cc1. The molecular formula is C21H25N5O2S. The number of thiophene rings is 1. The van der Waals surface area contributed by atoms with Crippen LogP contribution in [0.4, 0.5) is 4.79 Å². The van der Waals surface area contributed by atoms with Gasteiger partial charge in [-0.2, -0.15) is 5.26 Å². The molecule has 1 fully saturated rings. The Labute approximate surface area is 174 Å². The van der Waals surface area contributed by atoms with Gasteiger partial charge in [0.05, 0.1) is 24.7 Å². The number of rotatable bonds is 6. The topological polar surface area (TPSA) is 88.5 Å². The third-order valence-corrected chi connectivity index (χ3v) is 5.67. The fourth-order valence-electron chi connectivity index (χ4n) is 3.28. The molecule has 1 aromatic heterocycles. The first-order valence-corrected chi connectivity index (χ1v) is 10.5. The highest BCUT2D eigenvalue weighted by atomic mass is 32.1. The maximum Gasteiger partial charge on any atom is 0.321 e. The van der Waals surface area contributed by atoms with Gasteiger partial charge in [-0.1, -0.05) is 18.2 Å². The summed E-state index contributed by atoms with van der Waals surface area (Å²) in [7, 11) is 0. The molecule has 0 saturated carbocycles. The van der Waals surface area contributed by atoms with E-state index < -0.39 is 6.03 Å². The molecule has 152 valence electrons. The Morgan fingerprint density at radius 3 is 2.55 bits per heavy atom. The summed E-state index contributed by atoms with van der Waals surface area (Å²) >= 11 is 1.56. The second kappa shape index (κ2) is 10.7. The number of imide groups is 1. The van der Waals surface area contributed by atoms with E-state index in [0.29, 0.717) is 12.1 Å². The van der Waals surface area contributed by atoms with Gasteiger partial charge in [0.15, 0.2) is 0 Å². The number of nitrogens with zero attached hydrogens (tertiary/aromatic N) is 3. The number of nitriles is 1. The molecule has 0 unspecified atom stereocenters. The fourth-order valence-corrected chi connectivity index (χ4v) is 3.92. The fraction of sp³-hybridized carbons (Fsp3) is 0.381. The van der Waals surface area contributed by atoms with Crippen molar-refractivity contribution < 1.29 is 9.59 Å². The molecule has 29 heavy (non-hydrogen) atoms. The Bertz CT molecular complexity index is 845. The molecule has 0 aliphatic carbocycles. The minimum absolute atomic E-state index is 0.219. The van der Waals surface area contributed by atoms with Gasteiger partial charge in [-0.05, 0) is 48.7 Å². The lowest BCUT2D eigenvalue weighted by molar-refractivity contribution is -0.121. The van der Waals surface area contributed by atoms with Gasteiger partial charge >= 0.3 is 6.03 Å². The van der Waals surface area contributed by atoms with E-state index in [1.807, 2.05) is 41.8 Å². The standard InChI is InChI=1S/C21H25N5O2S/c22-13-17-4-6-18(7-5-17)15-25-8-2-9-26(11-10-25)16-20(27)24-21(28)23-14-19-3-1-12-29-19/h1,3-7,12H,2,8-11,14-16H2,(H2,23,24,27,28). The van der Waals surface area contributed by atoms with E-state index in [9.17, 15) is 9.59 Å². The van der Waals surface area contributed by atoms with E-state index in [2.05, 4.69) is 26.5 Å². The average molecular weight is 412 g/mol. The van der Waals surface area contributed by atoms with Crippen molar-refractivity contribution in [2.45, 2.75) is 19.5 Å². The molecule has 2 heterocycles. The van der Waals surface area contributed by atoms with Crippen molar-refractivity contribution in [2.75, 3.05) is 32.7 Å². The van der Waals surface area contributed by atoms with Gasteiger partial charge < -0.3 is 5.32 Å². The molecule has 1 aliphatic heterocycles. The van der Waals surface area contributed by atoms with E-state index in [1.165, 1.54) is 5.56 Å². The van der Waals surface area contributed by atoms with Crippen molar-refractivity contribution in [3.05, 3.63) is 57.8 Å². The van der Waals surface area contributed by atoms with Crippen molar-refractivity contribution in [2.24, 2.45) is 0 Å². The maximum atomic E-state index is 12.2. The molecule has 0 radical (unpaired) electrons. The van der Waals surface area contributed by atoms with Crippen LogP contribution >= 0.6 is 11.3 Å². The Hall–Kier alpha value is -2.73.